The fourth-order valence-corrected chi connectivity index (χ4v) is 3.21. The quantitative estimate of drug-likeness (QED) is 0.273. The van der Waals surface area contributed by atoms with E-state index in [1.165, 1.54) is 31.7 Å². The van der Waals surface area contributed by atoms with Crippen molar-refractivity contribution in [1.82, 2.24) is 0 Å². The number of ether oxygens (including phenoxy) is 2. The molecule has 20 heavy (non-hydrogen) atoms. The minimum Gasteiger partial charge on any atom is -0.376 e. The second-order valence-electron chi connectivity index (χ2n) is 6.00. The predicted molar refractivity (Wildman–Crippen MR) is 88.6 cm³/mol. The molecule has 0 aliphatic rings. The SMILES string of the molecule is CCCOC(C)(OCCC)O[SiH2]CCCCCC(C)C. The Hall–Kier alpha value is 0.0969. The zero-order valence-electron chi connectivity index (χ0n) is 14.4. The maximum Gasteiger partial charge on any atom is 0.269 e. The lowest BCUT2D eigenvalue weighted by molar-refractivity contribution is -0.333. The molecule has 0 atom stereocenters. The van der Waals surface area contributed by atoms with Crippen molar-refractivity contribution in [3.05, 3.63) is 0 Å². The van der Waals surface area contributed by atoms with Gasteiger partial charge in [0, 0.05) is 6.92 Å². The van der Waals surface area contributed by atoms with Crippen LogP contribution in [0.25, 0.3) is 0 Å². The fraction of sp³-hybridized carbons (Fsp3) is 1.00. The van der Waals surface area contributed by atoms with E-state index in [0.29, 0.717) is 13.2 Å². The van der Waals surface area contributed by atoms with Gasteiger partial charge in [-0.15, -0.1) is 0 Å². The van der Waals surface area contributed by atoms with Crippen molar-refractivity contribution in [3.8, 4) is 0 Å². The summed E-state index contributed by atoms with van der Waals surface area (Å²) in [7, 11) is -0.546. The maximum absolute atomic E-state index is 5.96. The molecule has 0 aliphatic heterocycles. The molecule has 0 aromatic heterocycles. The smallest absolute Gasteiger partial charge is 0.269 e. The van der Waals surface area contributed by atoms with Crippen molar-refractivity contribution in [2.75, 3.05) is 13.2 Å². The summed E-state index contributed by atoms with van der Waals surface area (Å²) in [6, 6.07) is 1.22. The van der Waals surface area contributed by atoms with Gasteiger partial charge in [0.2, 0.25) is 0 Å². The summed E-state index contributed by atoms with van der Waals surface area (Å²) >= 11 is 0. The zero-order valence-corrected chi connectivity index (χ0v) is 15.8. The average molecular weight is 305 g/mol. The molecule has 0 spiro atoms. The molecular weight excluding hydrogens is 268 g/mol. The van der Waals surface area contributed by atoms with E-state index in [2.05, 4.69) is 27.7 Å². The molecule has 0 aromatic rings. The maximum atomic E-state index is 5.96. The second kappa shape index (κ2) is 12.8. The van der Waals surface area contributed by atoms with Gasteiger partial charge in [0.25, 0.3) is 5.97 Å². The van der Waals surface area contributed by atoms with Gasteiger partial charge in [-0.05, 0) is 24.8 Å². The average Bonchev–Trinajstić information content (AvgIpc) is 2.42. The number of hydrogen-bond donors (Lipinski definition) is 0. The fourth-order valence-electron chi connectivity index (χ4n) is 1.97. The first-order valence-corrected chi connectivity index (χ1v) is 10.0. The van der Waals surface area contributed by atoms with Crippen molar-refractivity contribution in [1.29, 1.82) is 0 Å². The molecule has 0 radical (unpaired) electrons. The molecule has 122 valence electrons. The molecule has 0 saturated heterocycles. The van der Waals surface area contributed by atoms with E-state index < -0.39 is 15.7 Å². The molecule has 4 heteroatoms. The van der Waals surface area contributed by atoms with Crippen LogP contribution in [0.4, 0.5) is 0 Å². The Labute approximate surface area is 128 Å². The van der Waals surface area contributed by atoms with Crippen molar-refractivity contribution >= 4 is 9.76 Å². The summed E-state index contributed by atoms with van der Waals surface area (Å²) in [6.45, 7) is 12.1. The minimum atomic E-state index is -0.795. The van der Waals surface area contributed by atoms with Gasteiger partial charge in [-0.2, -0.15) is 0 Å². The predicted octanol–water partition coefficient (Wildman–Crippen LogP) is 4.25. The Kier molecular flexibility index (Phi) is 12.9. The van der Waals surface area contributed by atoms with Gasteiger partial charge in [0.1, 0.15) is 0 Å². The van der Waals surface area contributed by atoms with Crippen LogP contribution in [0.5, 0.6) is 0 Å². The molecule has 0 unspecified atom stereocenters. The Morgan fingerprint density at radius 3 is 2.05 bits per heavy atom. The van der Waals surface area contributed by atoms with Crippen LogP contribution in [-0.4, -0.2) is 29.0 Å². The molecule has 0 saturated carbocycles. The second-order valence-corrected chi connectivity index (χ2v) is 7.41. The van der Waals surface area contributed by atoms with Crippen molar-refractivity contribution in [2.24, 2.45) is 5.92 Å². The van der Waals surface area contributed by atoms with Crippen molar-refractivity contribution < 1.29 is 13.9 Å². The van der Waals surface area contributed by atoms with Crippen LogP contribution in [-0.2, 0) is 13.9 Å². The summed E-state index contributed by atoms with van der Waals surface area (Å²) in [6.07, 6.45) is 7.30. The Balaban J connectivity index is 3.72. The molecule has 0 rings (SSSR count). The van der Waals surface area contributed by atoms with Crippen LogP contribution in [0.1, 0.15) is 73.1 Å². The highest BCUT2D eigenvalue weighted by atomic mass is 28.2. The summed E-state index contributed by atoms with van der Waals surface area (Å²) in [5.41, 5.74) is 0. The molecule has 0 bridgehead atoms. The van der Waals surface area contributed by atoms with Gasteiger partial charge in [0.05, 0.1) is 13.2 Å². The molecular formula is C16H36O3Si. The molecule has 0 aromatic carbocycles. The highest BCUT2D eigenvalue weighted by Gasteiger charge is 2.25. The van der Waals surface area contributed by atoms with Crippen LogP contribution < -0.4 is 0 Å². The third kappa shape index (κ3) is 11.9. The van der Waals surface area contributed by atoms with Gasteiger partial charge in [-0.25, -0.2) is 0 Å². The lowest BCUT2D eigenvalue weighted by Crippen LogP contribution is -2.37. The molecule has 0 N–H and O–H groups in total. The number of rotatable bonds is 14. The summed E-state index contributed by atoms with van der Waals surface area (Å²) in [4.78, 5) is 0. The molecule has 0 aliphatic carbocycles. The third-order valence-electron chi connectivity index (χ3n) is 3.18. The van der Waals surface area contributed by atoms with E-state index in [1.54, 1.807) is 0 Å². The number of hydrogen-bond acceptors (Lipinski definition) is 3. The van der Waals surface area contributed by atoms with Gasteiger partial charge in [-0.1, -0.05) is 53.4 Å². The normalized spacial score (nSPS) is 12.9. The van der Waals surface area contributed by atoms with Crippen molar-refractivity contribution in [2.45, 2.75) is 85.2 Å². The molecule has 3 nitrogen and oxygen atoms in total. The van der Waals surface area contributed by atoms with Gasteiger partial charge in [0.15, 0.2) is 9.76 Å². The van der Waals surface area contributed by atoms with E-state index in [4.69, 9.17) is 13.9 Å². The van der Waals surface area contributed by atoms with Gasteiger partial charge in [-0.3, -0.25) is 0 Å². The van der Waals surface area contributed by atoms with E-state index in [1.807, 2.05) is 6.92 Å². The Bertz CT molecular complexity index is 202. The first-order chi connectivity index (χ1) is 9.54. The largest absolute Gasteiger partial charge is 0.376 e. The molecule has 0 amide bonds. The topological polar surface area (TPSA) is 27.7 Å². The lowest BCUT2D eigenvalue weighted by atomic mass is 10.1. The van der Waals surface area contributed by atoms with Crippen LogP contribution in [0.3, 0.4) is 0 Å². The van der Waals surface area contributed by atoms with Gasteiger partial charge >= 0.3 is 0 Å². The Morgan fingerprint density at radius 2 is 1.55 bits per heavy atom. The van der Waals surface area contributed by atoms with Gasteiger partial charge < -0.3 is 13.9 Å². The summed E-state index contributed by atoms with van der Waals surface area (Å²) < 4.78 is 17.4. The first-order valence-electron chi connectivity index (χ1n) is 8.46. The third-order valence-corrected chi connectivity index (χ3v) is 4.69. The molecule has 0 heterocycles. The van der Waals surface area contributed by atoms with E-state index in [-0.39, 0.29) is 0 Å². The zero-order chi connectivity index (χ0) is 15.3. The lowest BCUT2D eigenvalue weighted by Gasteiger charge is -2.30. The monoisotopic (exact) mass is 304 g/mol. The molecule has 0 fully saturated rings. The van der Waals surface area contributed by atoms with Crippen LogP contribution in [0, 0.1) is 5.92 Å². The Morgan fingerprint density at radius 1 is 0.950 bits per heavy atom. The van der Waals surface area contributed by atoms with E-state index in [0.717, 1.165) is 18.8 Å². The van der Waals surface area contributed by atoms with Crippen LogP contribution in [0.2, 0.25) is 6.04 Å². The van der Waals surface area contributed by atoms with Crippen LogP contribution >= 0.6 is 0 Å². The van der Waals surface area contributed by atoms with E-state index >= 15 is 0 Å². The number of unbranched alkanes of at least 4 members (excludes halogenated alkanes) is 2. The highest BCUT2D eigenvalue weighted by Crippen LogP contribution is 2.16. The summed E-state index contributed by atoms with van der Waals surface area (Å²) in [5, 5.41) is 0. The minimum absolute atomic E-state index is 0.546. The van der Waals surface area contributed by atoms with E-state index in [9.17, 15) is 0 Å². The standard InChI is InChI=1S/C16H36O3Si/c1-6-12-17-16(5,18-13-7-2)19-20-14-10-8-9-11-15(3)4/h15H,6-14,20H2,1-5H3. The first kappa shape index (κ1) is 20.1. The summed E-state index contributed by atoms with van der Waals surface area (Å²) in [5.74, 6) is 0.0348. The van der Waals surface area contributed by atoms with Crippen molar-refractivity contribution in [3.63, 3.8) is 0 Å². The highest BCUT2D eigenvalue weighted by molar-refractivity contribution is 6.27. The van der Waals surface area contributed by atoms with Crippen LogP contribution in [0.15, 0.2) is 0 Å².